The zero-order valence-corrected chi connectivity index (χ0v) is 22.8. The van der Waals surface area contributed by atoms with Crippen LogP contribution in [0.3, 0.4) is 0 Å². The Kier molecular flexibility index (Phi) is 7.85. The molecule has 0 unspecified atom stereocenters. The van der Waals surface area contributed by atoms with Gasteiger partial charge < -0.3 is 19.6 Å². The summed E-state index contributed by atoms with van der Waals surface area (Å²) in [6, 6.07) is 17.9. The smallest absolute Gasteiger partial charge is 0.226 e. The molecule has 0 bridgehead atoms. The second kappa shape index (κ2) is 11.5. The number of aromatic nitrogens is 2. The molecule has 0 amide bonds. The van der Waals surface area contributed by atoms with Crippen molar-refractivity contribution in [2.75, 3.05) is 12.3 Å². The van der Waals surface area contributed by atoms with E-state index in [9.17, 15) is 14.9 Å². The number of anilines is 1. The molecule has 1 atom stereocenters. The monoisotopic (exact) mass is 555 g/mol. The molecule has 0 saturated carbocycles. The van der Waals surface area contributed by atoms with Crippen molar-refractivity contribution in [3.63, 3.8) is 0 Å². The van der Waals surface area contributed by atoms with Crippen molar-refractivity contribution in [2.24, 2.45) is 0 Å². The molecule has 10 heteroatoms. The first kappa shape index (κ1) is 27.4. The fourth-order valence-corrected chi connectivity index (χ4v) is 5.38. The van der Waals surface area contributed by atoms with Gasteiger partial charge in [-0.3, -0.25) is 0 Å². The van der Waals surface area contributed by atoms with Gasteiger partial charge in [-0.25, -0.2) is 14.4 Å². The number of pyridine rings is 1. The van der Waals surface area contributed by atoms with Gasteiger partial charge in [-0.2, -0.15) is 10.5 Å². The van der Waals surface area contributed by atoms with Gasteiger partial charge in [-0.05, 0) is 62.1 Å². The van der Waals surface area contributed by atoms with Gasteiger partial charge in [0.15, 0.2) is 5.79 Å². The number of halogens is 1. The van der Waals surface area contributed by atoms with E-state index in [1.807, 2.05) is 38.1 Å². The van der Waals surface area contributed by atoms with Crippen molar-refractivity contribution < 1.29 is 18.3 Å². The number of nitrogens with zero attached hydrogens (tertiary/aromatic N) is 4. The lowest BCUT2D eigenvalue weighted by Gasteiger charge is -2.17. The van der Waals surface area contributed by atoms with Gasteiger partial charge in [0, 0.05) is 16.9 Å². The molecule has 40 heavy (non-hydrogen) atoms. The number of thioether (sulfide) groups is 1. The summed E-state index contributed by atoms with van der Waals surface area (Å²) in [5.41, 5.74) is 10.1. The Hall–Kier alpha value is -4.22. The van der Waals surface area contributed by atoms with Crippen LogP contribution in [0.2, 0.25) is 0 Å². The van der Waals surface area contributed by atoms with Gasteiger partial charge in [0.05, 0.1) is 24.0 Å². The molecule has 0 spiro atoms. The number of hydrogen-bond acceptors (Lipinski definition) is 9. The van der Waals surface area contributed by atoms with E-state index in [0.717, 1.165) is 18.4 Å². The number of hydrogen-bond donors (Lipinski definition) is 1. The van der Waals surface area contributed by atoms with Gasteiger partial charge >= 0.3 is 0 Å². The van der Waals surface area contributed by atoms with Crippen molar-refractivity contribution in [1.29, 1.82) is 10.5 Å². The maximum Gasteiger partial charge on any atom is 0.226 e. The average molecular weight is 556 g/mol. The Morgan fingerprint density at radius 1 is 1.02 bits per heavy atom. The summed E-state index contributed by atoms with van der Waals surface area (Å²) < 4.78 is 30.3. The molecule has 2 aromatic heterocycles. The molecule has 3 heterocycles. The molecule has 4 aromatic rings. The van der Waals surface area contributed by atoms with Crippen LogP contribution in [0, 0.1) is 28.5 Å². The van der Waals surface area contributed by atoms with Crippen molar-refractivity contribution in [2.45, 2.75) is 49.4 Å². The first-order chi connectivity index (χ1) is 19.3. The Balaban J connectivity index is 1.35. The van der Waals surface area contributed by atoms with E-state index in [4.69, 9.17) is 19.6 Å². The molecule has 0 aliphatic carbocycles. The lowest BCUT2D eigenvalue weighted by Crippen LogP contribution is -2.21. The number of benzene rings is 2. The fraction of sp³-hybridized carbons (Fsp3) is 0.267. The Morgan fingerprint density at radius 3 is 2.38 bits per heavy atom. The predicted molar refractivity (Wildman–Crippen MR) is 148 cm³/mol. The highest BCUT2D eigenvalue weighted by atomic mass is 32.2. The standard InChI is InChI=1S/C30H26FN5O3S/c1-30(2)38-16-23(39-30)12-5-18-3-6-19(7-4-18)26-24(13-32)27(34)36-29(25(26)14-33)40-17-22-15-37-28(35-22)20-8-10-21(31)11-9-20/h3-4,6-11,15,23H,5,12,16-17H2,1-2H3,(H2,34,36)/t23-/m1/s1. The molecule has 5 rings (SSSR count). The third-order valence-electron chi connectivity index (χ3n) is 6.48. The topological polar surface area (TPSA) is 131 Å². The molecule has 1 saturated heterocycles. The third-order valence-corrected chi connectivity index (χ3v) is 7.49. The van der Waals surface area contributed by atoms with Gasteiger partial charge in [0.25, 0.3) is 0 Å². The van der Waals surface area contributed by atoms with Crippen LogP contribution in [-0.4, -0.2) is 28.5 Å². The average Bonchev–Trinajstić information content (AvgIpc) is 3.56. The number of nitrogen functional groups attached to an aromatic ring is 1. The zero-order chi connectivity index (χ0) is 28.3. The van der Waals surface area contributed by atoms with Crippen molar-refractivity contribution >= 4 is 17.6 Å². The molecule has 1 aliphatic heterocycles. The summed E-state index contributed by atoms with van der Waals surface area (Å²) in [7, 11) is 0. The van der Waals surface area contributed by atoms with Crippen LogP contribution in [0.5, 0.6) is 0 Å². The van der Waals surface area contributed by atoms with E-state index in [-0.39, 0.29) is 28.9 Å². The van der Waals surface area contributed by atoms with Crippen LogP contribution >= 0.6 is 11.8 Å². The minimum atomic E-state index is -0.550. The molecule has 1 aliphatic rings. The number of nitriles is 2. The number of ether oxygens (including phenoxy) is 2. The maximum atomic E-state index is 13.2. The Labute approximate surface area is 235 Å². The van der Waals surface area contributed by atoms with Crippen molar-refractivity contribution in [3.05, 3.63) is 83.0 Å². The van der Waals surface area contributed by atoms with Crippen LogP contribution < -0.4 is 5.73 Å². The molecule has 1 fully saturated rings. The Morgan fingerprint density at radius 2 is 1.73 bits per heavy atom. The van der Waals surface area contributed by atoms with Gasteiger partial charge in [0.2, 0.25) is 5.89 Å². The van der Waals surface area contributed by atoms with E-state index in [2.05, 4.69) is 22.1 Å². The summed E-state index contributed by atoms with van der Waals surface area (Å²) in [6.07, 6.45) is 3.18. The fourth-order valence-electron chi connectivity index (χ4n) is 4.50. The quantitative estimate of drug-likeness (QED) is 0.251. The van der Waals surface area contributed by atoms with Gasteiger partial charge in [-0.15, -0.1) is 0 Å². The van der Waals surface area contributed by atoms with E-state index in [0.29, 0.717) is 45.7 Å². The summed E-state index contributed by atoms with van der Waals surface area (Å²) in [5.74, 6) is -0.134. The predicted octanol–water partition coefficient (Wildman–Crippen LogP) is 6.24. The van der Waals surface area contributed by atoms with E-state index in [1.165, 1.54) is 30.2 Å². The molecule has 2 aromatic carbocycles. The highest BCUT2D eigenvalue weighted by molar-refractivity contribution is 7.98. The molecule has 2 N–H and O–H groups in total. The second-order valence-electron chi connectivity index (χ2n) is 9.78. The van der Waals surface area contributed by atoms with Crippen LogP contribution in [0.4, 0.5) is 10.2 Å². The zero-order valence-electron chi connectivity index (χ0n) is 22.0. The van der Waals surface area contributed by atoms with Gasteiger partial charge in [-0.1, -0.05) is 36.0 Å². The summed E-state index contributed by atoms with van der Waals surface area (Å²) >= 11 is 1.27. The minimum absolute atomic E-state index is 0.0427. The van der Waals surface area contributed by atoms with E-state index in [1.54, 1.807) is 12.1 Å². The molecule has 8 nitrogen and oxygen atoms in total. The van der Waals surface area contributed by atoms with Crippen molar-refractivity contribution in [3.8, 4) is 34.7 Å². The summed E-state index contributed by atoms with van der Waals surface area (Å²) in [5, 5.41) is 20.3. The van der Waals surface area contributed by atoms with Crippen molar-refractivity contribution in [1.82, 2.24) is 9.97 Å². The molecule has 0 radical (unpaired) electrons. The van der Waals surface area contributed by atoms with Crippen LogP contribution in [-0.2, 0) is 21.6 Å². The number of nitrogens with two attached hydrogens (primary N) is 1. The third kappa shape index (κ3) is 6.00. The summed E-state index contributed by atoms with van der Waals surface area (Å²) in [6.45, 7) is 4.39. The highest BCUT2D eigenvalue weighted by Gasteiger charge is 2.32. The van der Waals surface area contributed by atoms with Gasteiger partial charge in [0.1, 0.15) is 40.6 Å². The molecular weight excluding hydrogens is 529 g/mol. The molecular formula is C30H26FN5O3S. The maximum absolute atomic E-state index is 13.2. The number of aryl methyl sites for hydroxylation is 1. The summed E-state index contributed by atoms with van der Waals surface area (Å²) in [4.78, 5) is 8.82. The van der Waals surface area contributed by atoms with Crippen LogP contribution in [0.25, 0.3) is 22.6 Å². The first-order valence-electron chi connectivity index (χ1n) is 12.6. The lowest BCUT2D eigenvalue weighted by molar-refractivity contribution is -0.138. The number of rotatable bonds is 8. The Bertz CT molecular complexity index is 1600. The molecule has 202 valence electrons. The lowest BCUT2D eigenvalue weighted by atomic mass is 9.95. The largest absolute Gasteiger partial charge is 0.444 e. The second-order valence-corrected chi connectivity index (χ2v) is 10.7. The van der Waals surface area contributed by atoms with Crippen LogP contribution in [0.1, 0.15) is 42.7 Å². The normalized spacial score (nSPS) is 16.0. The first-order valence-corrected chi connectivity index (χ1v) is 13.6. The van der Waals surface area contributed by atoms with E-state index >= 15 is 0 Å². The SMILES string of the molecule is CC1(C)OC[C@@H](CCc2ccc(-c3c(C#N)c(N)nc(SCc4coc(-c5ccc(F)cc5)n4)c3C#N)cc2)O1. The highest BCUT2D eigenvalue weighted by Crippen LogP contribution is 2.37. The number of oxazole rings is 1. The minimum Gasteiger partial charge on any atom is -0.444 e. The van der Waals surface area contributed by atoms with E-state index < -0.39 is 5.79 Å². The van der Waals surface area contributed by atoms with Crippen LogP contribution in [0.15, 0.2) is 64.2 Å².